The summed E-state index contributed by atoms with van der Waals surface area (Å²) in [5.41, 5.74) is 1.07. The van der Waals surface area contributed by atoms with E-state index in [1.165, 1.54) is 4.90 Å². The highest BCUT2D eigenvalue weighted by Crippen LogP contribution is 2.17. The highest BCUT2D eigenvalue weighted by atomic mass is 16.4. The number of nitrogens with one attached hydrogen (secondary N) is 1. The maximum atomic E-state index is 11.5. The number of carboxylic acids is 1. The summed E-state index contributed by atoms with van der Waals surface area (Å²) >= 11 is 0. The molecule has 2 rings (SSSR count). The maximum Gasteiger partial charge on any atom is 0.323 e. The van der Waals surface area contributed by atoms with Gasteiger partial charge in [0.1, 0.15) is 6.54 Å². The molecular weight excluding hydrogens is 220 g/mol. The van der Waals surface area contributed by atoms with Crippen LogP contribution in [0.25, 0.3) is 0 Å². The second kappa shape index (κ2) is 4.97. The number of piperazine rings is 1. The number of hydrogen-bond acceptors (Lipinski definition) is 3. The predicted octanol–water partition coefficient (Wildman–Crippen LogP) is 0.244. The fourth-order valence-electron chi connectivity index (χ4n) is 1.93. The number of carbonyl (C=O) groups excluding carboxylic acids is 1. The molecule has 1 fully saturated rings. The molecule has 0 unspecified atom stereocenters. The van der Waals surface area contributed by atoms with Crippen LogP contribution in [0.3, 0.4) is 0 Å². The van der Waals surface area contributed by atoms with Gasteiger partial charge in [-0.05, 0) is 5.56 Å². The first-order valence-corrected chi connectivity index (χ1v) is 5.44. The smallest absolute Gasteiger partial charge is 0.323 e. The Balaban J connectivity index is 2.07. The first kappa shape index (κ1) is 11.6. The summed E-state index contributed by atoms with van der Waals surface area (Å²) < 4.78 is 0. The molecule has 90 valence electrons. The van der Waals surface area contributed by atoms with E-state index in [0.29, 0.717) is 6.54 Å². The number of aliphatic carboxylic acids is 1. The maximum absolute atomic E-state index is 11.5. The topological polar surface area (TPSA) is 69.6 Å². The predicted molar refractivity (Wildman–Crippen MR) is 61.4 cm³/mol. The molecule has 0 saturated carbocycles. The summed E-state index contributed by atoms with van der Waals surface area (Å²) in [4.78, 5) is 23.5. The molecule has 1 aromatic carbocycles. The van der Waals surface area contributed by atoms with Gasteiger partial charge in [-0.2, -0.15) is 0 Å². The largest absolute Gasteiger partial charge is 0.480 e. The Morgan fingerprint density at radius 2 is 2.12 bits per heavy atom. The molecule has 1 aliphatic rings. The van der Waals surface area contributed by atoms with E-state index >= 15 is 0 Å². The van der Waals surface area contributed by atoms with Gasteiger partial charge in [0.15, 0.2) is 0 Å². The van der Waals surface area contributed by atoms with Crippen molar-refractivity contribution in [3.63, 3.8) is 0 Å². The molecule has 0 aromatic heterocycles. The lowest BCUT2D eigenvalue weighted by molar-refractivity contribution is -0.145. The van der Waals surface area contributed by atoms with Gasteiger partial charge in [0, 0.05) is 6.54 Å². The van der Waals surface area contributed by atoms with Gasteiger partial charge in [-0.15, -0.1) is 0 Å². The molecule has 17 heavy (non-hydrogen) atoms. The van der Waals surface area contributed by atoms with Crippen LogP contribution in [0.2, 0.25) is 0 Å². The number of benzene rings is 1. The van der Waals surface area contributed by atoms with Crippen molar-refractivity contribution in [3.05, 3.63) is 35.9 Å². The van der Waals surface area contributed by atoms with Gasteiger partial charge in [0.2, 0.25) is 5.91 Å². The average Bonchev–Trinajstić information content (AvgIpc) is 2.32. The first-order chi connectivity index (χ1) is 8.16. The van der Waals surface area contributed by atoms with Gasteiger partial charge in [-0.1, -0.05) is 30.3 Å². The van der Waals surface area contributed by atoms with Crippen molar-refractivity contribution in [3.8, 4) is 0 Å². The van der Waals surface area contributed by atoms with Crippen molar-refractivity contribution in [2.75, 3.05) is 19.6 Å². The molecule has 1 aliphatic heterocycles. The quantitative estimate of drug-likeness (QED) is 0.786. The van der Waals surface area contributed by atoms with Gasteiger partial charge in [0.05, 0.1) is 12.6 Å². The van der Waals surface area contributed by atoms with Crippen molar-refractivity contribution in [2.45, 2.75) is 6.04 Å². The molecule has 1 aromatic rings. The van der Waals surface area contributed by atoms with E-state index in [1.807, 2.05) is 30.3 Å². The van der Waals surface area contributed by atoms with E-state index in [-0.39, 0.29) is 25.0 Å². The molecule has 0 radical (unpaired) electrons. The summed E-state index contributed by atoms with van der Waals surface area (Å²) in [6, 6.07) is 9.71. The molecular formula is C12H14N2O3. The lowest BCUT2D eigenvalue weighted by Gasteiger charge is -2.32. The van der Waals surface area contributed by atoms with Crippen molar-refractivity contribution in [1.29, 1.82) is 0 Å². The highest BCUT2D eigenvalue weighted by Gasteiger charge is 2.27. The molecule has 1 saturated heterocycles. The molecule has 1 heterocycles. The lowest BCUT2D eigenvalue weighted by atomic mass is 10.0. The van der Waals surface area contributed by atoms with Crippen LogP contribution < -0.4 is 5.32 Å². The summed E-state index contributed by atoms with van der Waals surface area (Å²) in [7, 11) is 0. The third kappa shape index (κ3) is 2.82. The van der Waals surface area contributed by atoms with Gasteiger partial charge in [-0.3, -0.25) is 14.9 Å². The van der Waals surface area contributed by atoms with Gasteiger partial charge in [-0.25, -0.2) is 0 Å². The lowest BCUT2D eigenvalue weighted by Crippen LogP contribution is -2.51. The van der Waals surface area contributed by atoms with E-state index in [0.717, 1.165) is 5.56 Å². The number of amides is 1. The summed E-state index contributed by atoms with van der Waals surface area (Å²) in [6.07, 6.45) is 0. The zero-order valence-corrected chi connectivity index (χ0v) is 9.30. The third-order valence-electron chi connectivity index (χ3n) is 2.78. The Kier molecular flexibility index (Phi) is 3.39. The van der Waals surface area contributed by atoms with E-state index < -0.39 is 5.97 Å². The minimum Gasteiger partial charge on any atom is -0.480 e. The van der Waals surface area contributed by atoms with E-state index in [9.17, 15) is 9.59 Å². The van der Waals surface area contributed by atoms with E-state index in [4.69, 9.17) is 5.11 Å². The summed E-state index contributed by atoms with van der Waals surface area (Å²) in [5, 5.41) is 11.8. The van der Waals surface area contributed by atoms with E-state index in [2.05, 4.69) is 5.32 Å². The van der Waals surface area contributed by atoms with Gasteiger partial charge in [0.25, 0.3) is 0 Å². The van der Waals surface area contributed by atoms with Gasteiger partial charge >= 0.3 is 5.97 Å². The Hall–Kier alpha value is -1.88. The summed E-state index contributed by atoms with van der Waals surface area (Å²) in [5.74, 6) is -1.15. The highest BCUT2D eigenvalue weighted by molar-refractivity contribution is 5.83. The Labute approximate surface area is 99.0 Å². The monoisotopic (exact) mass is 234 g/mol. The van der Waals surface area contributed by atoms with Crippen LogP contribution in [0.1, 0.15) is 11.6 Å². The number of carbonyl (C=O) groups is 2. The molecule has 5 nitrogen and oxygen atoms in total. The SMILES string of the molecule is O=C(O)CN1C[C@@H](c2ccccc2)NCC1=O. The van der Waals surface area contributed by atoms with Crippen LogP contribution in [-0.2, 0) is 9.59 Å². The molecule has 0 bridgehead atoms. The Morgan fingerprint density at radius 3 is 2.76 bits per heavy atom. The molecule has 1 atom stereocenters. The normalized spacial score (nSPS) is 20.4. The van der Waals surface area contributed by atoms with Crippen LogP contribution in [0.15, 0.2) is 30.3 Å². The van der Waals surface area contributed by atoms with Crippen molar-refractivity contribution >= 4 is 11.9 Å². The second-order valence-corrected chi connectivity index (χ2v) is 4.01. The summed E-state index contributed by atoms with van der Waals surface area (Å²) in [6.45, 7) is 0.353. The standard InChI is InChI=1S/C12H14N2O3/c15-11-6-13-10(7-14(11)8-12(16)17)9-4-2-1-3-5-9/h1-5,10,13H,6-8H2,(H,16,17)/t10-/m0/s1. The fourth-order valence-corrected chi connectivity index (χ4v) is 1.93. The third-order valence-corrected chi connectivity index (χ3v) is 2.78. The van der Waals surface area contributed by atoms with Crippen molar-refractivity contribution in [1.82, 2.24) is 10.2 Å². The molecule has 0 aliphatic carbocycles. The first-order valence-electron chi connectivity index (χ1n) is 5.44. The number of nitrogens with zero attached hydrogens (tertiary/aromatic N) is 1. The number of rotatable bonds is 3. The zero-order valence-electron chi connectivity index (χ0n) is 9.30. The minimum absolute atomic E-state index is 0.00764. The van der Waals surface area contributed by atoms with E-state index in [1.54, 1.807) is 0 Å². The number of hydrogen-bond donors (Lipinski definition) is 2. The average molecular weight is 234 g/mol. The fraction of sp³-hybridized carbons (Fsp3) is 0.333. The Bertz CT molecular complexity index is 419. The van der Waals surface area contributed by atoms with Crippen molar-refractivity contribution in [2.24, 2.45) is 0 Å². The van der Waals surface area contributed by atoms with Crippen LogP contribution in [0.5, 0.6) is 0 Å². The Morgan fingerprint density at radius 1 is 1.41 bits per heavy atom. The second-order valence-electron chi connectivity index (χ2n) is 4.01. The van der Waals surface area contributed by atoms with Crippen molar-refractivity contribution < 1.29 is 14.7 Å². The number of carboxylic acid groups (broad SMARTS) is 1. The minimum atomic E-state index is -0.980. The van der Waals surface area contributed by atoms with Gasteiger partial charge < -0.3 is 10.0 Å². The molecule has 1 amide bonds. The van der Waals surface area contributed by atoms with Crippen LogP contribution in [0, 0.1) is 0 Å². The molecule has 2 N–H and O–H groups in total. The van der Waals surface area contributed by atoms with Crippen LogP contribution >= 0.6 is 0 Å². The molecule has 0 spiro atoms. The molecule has 5 heteroatoms. The van der Waals surface area contributed by atoms with Crippen LogP contribution in [-0.4, -0.2) is 41.5 Å². The van der Waals surface area contributed by atoms with Crippen LogP contribution in [0.4, 0.5) is 0 Å². The zero-order chi connectivity index (χ0) is 12.3.